The average Bonchev–Trinajstić information content (AvgIpc) is 3.70. The maximum atomic E-state index is 12.2. The summed E-state index contributed by atoms with van der Waals surface area (Å²) >= 11 is 2.87. The molecule has 2 fully saturated rings. The third-order valence-electron chi connectivity index (χ3n) is 7.28. The van der Waals surface area contributed by atoms with Gasteiger partial charge >= 0.3 is 0 Å². The molecular weight excluding hydrogens is 679 g/mol. The van der Waals surface area contributed by atoms with E-state index in [9.17, 15) is 27.6 Å². The number of thiophene rings is 2. The lowest BCUT2D eigenvalue weighted by atomic mass is 10.1. The monoisotopic (exact) mass is 721 g/mol. The second kappa shape index (κ2) is 18.2. The summed E-state index contributed by atoms with van der Waals surface area (Å²) in [7, 11) is -0.425. The van der Waals surface area contributed by atoms with E-state index in [0.29, 0.717) is 36.7 Å². The largest absolute Gasteiger partial charge is 0.379 e. The smallest absolute Gasteiger partial charge is 0.277 e. The molecule has 0 spiro atoms. The Morgan fingerprint density at radius 2 is 1.56 bits per heavy atom. The summed E-state index contributed by atoms with van der Waals surface area (Å²) < 4.78 is 34.4. The van der Waals surface area contributed by atoms with Gasteiger partial charge in [0.1, 0.15) is 6.54 Å². The molecule has 0 unspecified atom stereocenters. The molecule has 0 aliphatic carbocycles. The third kappa shape index (κ3) is 12.4. The lowest BCUT2D eigenvalue weighted by Gasteiger charge is -2.34. The van der Waals surface area contributed by atoms with Gasteiger partial charge in [-0.2, -0.15) is 8.42 Å². The maximum absolute atomic E-state index is 12.2. The molecule has 2 saturated heterocycles. The number of hydrogen-bond donors (Lipinski definition) is 2. The molecule has 4 amide bonds. The van der Waals surface area contributed by atoms with E-state index in [1.165, 1.54) is 27.6 Å². The highest BCUT2D eigenvalue weighted by molar-refractivity contribution is 7.85. The van der Waals surface area contributed by atoms with Gasteiger partial charge in [0.05, 0.1) is 28.7 Å². The molecule has 16 heteroatoms. The molecule has 0 bridgehead atoms. The van der Waals surface area contributed by atoms with Crippen LogP contribution in [0.15, 0.2) is 48.5 Å². The van der Waals surface area contributed by atoms with Crippen molar-refractivity contribution >= 4 is 56.4 Å². The van der Waals surface area contributed by atoms with Crippen molar-refractivity contribution in [3.63, 3.8) is 0 Å². The number of amides is 4. The van der Waals surface area contributed by atoms with Crippen molar-refractivity contribution in [2.75, 3.05) is 72.3 Å². The number of hydrogen-bond acceptors (Lipinski definition) is 10. The minimum Gasteiger partial charge on any atom is -0.379 e. The number of likely N-dealkylation sites (N-methyl/N-ethyl adjacent to an activating group) is 1. The number of benzene rings is 1. The van der Waals surface area contributed by atoms with E-state index in [0.717, 1.165) is 28.4 Å². The Morgan fingerprint density at radius 3 is 2.10 bits per heavy atom. The molecule has 2 aromatic heterocycles. The predicted molar refractivity (Wildman–Crippen MR) is 186 cm³/mol. The van der Waals surface area contributed by atoms with E-state index in [2.05, 4.69) is 5.32 Å². The molecule has 0 radical (unpaired) electrons. The summed E-state index contributed by atoms with van der Waals surface area (Å²) in [5, 5.41) is 6.13. The van der Waals surface area contributed by atoms with Crippen LogP contribution in [0.5, 0.6) is 0 Å². The number of nitrogens with one attached hydrogen (secondary N) is 1. The van der Waals surface area contributed by atoms with E-state index in [-0.39, 0.29) is 36.7 Å². The summed E-state index contributed by atoms with van der Waals surface area (Å²) in [4.78, 5) is 53.9. The maximum Gasteiger partial charge on any atom is 0.277 e. The van der Waals surface area contributed by atoms with Gasteiger partial charge in [-0.15, -0.1) is 22.7 Å². The van der Waals surface area contributed by atoms with E-state index in [4.69, 9.17) is 9.29 Å². The van der Waals surface area contributed by atoms with Crippen LogP contribution in [0.25, 0.3) is 0 Å². The van der Waals surface area contributed by atoms with Crippen LogP contribution < -0.4 is 5.32 Å². The predicted octanol–water partition coefficient (Wildman–Crippen LogP) is 2.96. The van der Waals surface area contributed by atoms with Gasteiger partial charge in [-0.1, -0.05) is 17.7 Å². The minimum absolute atomic E-state index is 0.00254. The Morgan fingerprint density at radius 1 is 0.938 bits per heavy atom. The standard InChI is InChI=1S/C13H16N2O2.C11H16N2O2S.C8H11NO4S2/c1-10-4-3-5-11(8-10)13(17)15-7-6-14(2)12(16)9-15;1-9-3-4-10(16-9)11(14)12(2)13-5-7-15-8-6-13;1-6-2-3-7(14-6)8(10)9-4-5-15(11,12)13/h3-5,8H,6-7,9H2,1-2H3;3-4H,5-8H2,1-2H3;2-3H,4-5H2,1H3,(H,9,10)(H,11,12,13). The Bertz CT molecular complexity index is 1670. The molecular formula is C32H43N5O8S3. The molecule has 0 saturated carbocycles. The zero-order valence-electron chi connectivity index (χ0n) is 27.8. The first-order chi connectivity index (χ1) is 22.6. The Balaban J connectivity index is 0.000000196. The summed E-state index contributed by atoms with van der Waals surface area (Å²) in [6.45, 7) is 10.1. The van der Waals surface area contributed by atoms with Crippen molar-refractivity contribution in [2.24, 2.45) is 0 Å². The third-order valence-corrected chi connectivity index (χ3v) is 9.98. The van der Waals surface area contributed by atoms with E-state index >= 15 is 0 Å². The number of carbonyl (C=O) groups is 4. The second-order valence-corrected chi connectivity index (χ2v) is 15.3. The first kappa shape index (κ1) is 38.8. The van der Waals surface area contributed by atoms with E-state index < -0.39 is 15.9 Å². The molecule has 1 aromatic carbocycles. The fourth-order valence-electron chi connectivity index (χ4n) is 4.52. The van der Waals surface area contributed by atoms with Gasteiger partial charge in [0.15, 0.2) is 0 Å². The number of rotatable bonds is 7. The molecule has 262 valence electrons. The zero-order valence-corrected chi connectivity index (χ0v) is 30.3. The highest BCUT2D eigenvalue weighted by atomic mass is 32.2. The molecule has 2 aliphatic heterocycles. The summed E-state index contributed by atoms with van der Waals surface area (Å²) in [6, 6.07) is 14.8. The van der Waals surface area contributed by atoms with Crippen LogP contribution in [0.1, 0.15) is 45.0 Å². The molecule has 0 atom stereocenters. The highest BCUT2D eigenvalue weighted by Crippen LogP contribution is 2.18. The average molecular weight is 722 g/mol. The molecule has 5 rings (SSSR count). The summed E-state index contributed by atoms with van der Waals surface area (Å²) in [6.07, 6.45) is 0. The molecule has 2 aliphatic rings. The van der Waals surface area contributed by atoms with Gasteiger partial charge in [0.25, 0.3) is 27.8 Å². The Hall–Kier alpha value is -3.67. The number of ether oxygens (including phenoxy) is 1. The summed E-state index contributed by atoms with van der Waals surface area (Å²) in [5.41, 5.74) is 1.71. The van der Waals surface area contributed by atoms with Gasteiger partial charge in [0, 0.05) is 62.1 Å². The SMILES string of the molecule is Cc1ccc(C(=O)N(C)N2CCOCC2)s1.Cc1ccc(C(=O)NCCS(=O)(=O)O)s1.Cc1cccc(C(=O)N2CCN(C)C(=O)C2)c1. The topological polar surface area (TPSA) is 157 Å². The van der Waals surface area contributed by atoms with Gasteiger partial charge in [-0.25, -0.2) is 5.01 Å². The van der Waals surface area contributed by atoms with Crippen LogP contribution in [0.3, 0.4) is 0 Å². The van der Waals surface area contributed by atoms with E-state index in [1.807, 2.05) is 69.2 Å². The van der Waals surface area contributed by atoms with Gasteiger partial charge in [-0.3, -0.25) is 28.7 Å². The first-order valence-electron chi connectivity index (χ1n) is 15.2. The van der Waals surface area contributed by atoms with Crippen LogP contribution in [0.2, 0.25) is 0 Å². The van der Waals surface area contributed by atoms with Crippen molar-refractivity contribution in [1.29, 1.82) is 0 Å². The normalized spacial score (nSPS) is 15.1. The second-order valence-electron chi connectivity index (χ2n) is 11.2. The quantitative estimate of drug-likeness (QED) is 0.350. The minimum atomic E-state index is -4.01. The van der Waals surface area contributed by atoms with Crippen molar-refractivity contribution in [3.05, 3.63) is 79.2 Å². The fraction of sp³-hybridized carbons (Fsp3) is 0.438. The fourth-order valence-corrected chi connectivity index (χ4v) is 6.50. The first-order valence-corrected chi connectivity index (χ1v) is 18.5. The number of piperazine rings is 1. The van der Waals surface area contributed by atoms with Crippen LogP contribution in [0, 0.1) is 20.8 Å². The van der Waals surface area contributed by atoms with Crippen LogP contribution in [-0.2, 0) is 19.6 Å². The van der Waals surface area contributed by atoms with Crippen molar-refractivity contribution in [2.45, 2.75) is 20.8 Å². The van der Waals surface area contributed by atoms with Crippen molar-refractivity contribution in [1.82, 2.24) is 25.1 Å². The van der Waals surface area contributed by atoms with Gasteiger partial charge in [0.2, 0.25) is 5.91 Å². The summed E-state index contributed by atoms with van der Waals surface area (Å²) in [5.74, 6) is -0.785. The van der Waals surface area contributed by atoms with Gasteiger partial charge < -0.3 is 19.9 Å². The number of nitrogens with zero attached hydrogens (tertiary/aromatic N) is 4. The van der Waals surface area contributed by atoms with Crippen molar-refractivity contribution in [3.8, 4) is 0 Å². The molecule has 13 nitrogen and oxygen atoms in total. The number of carbonyl (C=O) groups excluding carboxylic acids is 4. The Labute approximate surface area is 289 Å². The van der Waals surface area contributed by atoms with Gasteiger partial charge in [-0.05, 0) is 57.2 Å². The zero-order chi connectivity index (χ0) is 35.4. The molecule has 4 heterocycles. The Kier molecular flexibility index (Phi) is 14.7. The number of hydrazine groups is 1. The molecule has 2 N–H and O–H groups in total. The lowest BCUT2D eigenvalue weighted by Crippen LogP contribution is -2.50. The van der Waals surface area contributed by atoms with Crippen LogP contribution in [-0.4, -0.2) is 129 Å². The van der Waals surface area contributed by atoms with E-state index in [1.54, 1.807) is 34.0 Å². The number of morpholine rings is 1. The lowest BCUT2D eigenvalue weighted by molar-refractivity contribution is -0.133. The van der Waals surface area contributed by atoms with Crippen LogP contribution >= 0.6 is 22.7 Å². The van der Waals surface area contributed by atoms with Crippen LogP contribution in [0.4, 0.5) is 0 Å². The molecule has 48 heavy (non-hydrogen) atoms. The number of aryl methyl sites for hydroxylation is 3. The molecule has 3 aromatic rings. The highest BCUT2D eigenvalue weighted by Gasteiger charge is 2.25. The van der Waals surface area contributed by atoms with Crippen molar-refractivity contribution < 1.29 is 36.9 Å².